The molecule has 2 rings (SSSR count). The van der Waals surface area contributed by atoms with E-state index in [1.165, 1.54) is 6.07 Å². The van der Waals surface area contributed by atoms with Crippen molar-refractivity contribution in [3.05, 3.63) is 46.0 Å². The van der Waals surface area contributed by atoms with Gasteiger partial charge in [0.15, 0.2) is 0 Å². The average molecular weight is 213 g/mol. The molecule has 0 unspecified atom stereocenters. The average Bonchev–Trinajstić information content (AvgIpc) is 2.27. The zero-order valence-electron chi connectivity index (χ0n) is 9.14. The summed E-state index contributed by atoms with van der Waals surface area (Å²) in [6.07, 6.45) is 0. The highest BCUT2D eigenvalue weighted by molar-refractivity contribution is 5.77. The largest absolute Gasteiger partial charge is 0.361 e. The summed E-state index contributed by atoms with van der Waals surface area (Å²) in [7, 11) is 0. The Balaban J connectivity index is 2.90. The molecule has 80 valence electrons. The first-order valence-corrected chi connectivity index (χ1v) is 5.03. The summed E-state index contributed by atoms with van der Waals surface area (Å²) in [6.45, 7) is 10.8. The predicted molar refractivity (Wildman–Crippen MR) is 62.7 cm³/mol. The van der Waals surface area contributed by atoms with Crippen molar-refractivity contribution in [1.29, 1.82) is 0 Å². The molecule has 0 aromatic carbocycles. The zero-order chi connectivity index (χ0) is 11.7. The lowest BCUT2D eigenvalue weighted by atomic mass is 10.2. The molecule has 2 heterocycles. The molecule has 16 heavy (non-hydrogen) atoms. The van der Waals surface area contributed by atoms with E-state index in [1.807, 2.05) is 19.9 Å². The summed E-state index contributed by atoms with van der Waals surface area (Å²) in [5, 5.41) is 0.876. The normalized spacial score (nSPS) is 10.6. The Hall–Kier alpha value is -2.15. The number of aromatic nitrogens is 2. The number of fused-ring (bicyclic) bond motifs is 1. The molecular formula is C12H11N3O. The lowest BCUT2D eigenvalue weighted by molar-refractivity contribution is 0.596. The van der Waals surface area contributed by atoms with Gasteiger partial charge >= 0.3 is 0 Å². The van der Waals surface area contributed by atoms with Gasteiger partial charge in [-0.1, -0.05) is 12.6 Å². The Morgan fingerprint density at radius 2 is 2.00 bits per heavy atom. The maximum atomic E-state index is 11.7. The van der Waals surface area contributed by atoms with Crippen molar-refractivity contribution in [3.63, 3.8) is 0 Å². The van der Waals surface area contributed by atoms with Gasteiger partial charge in [0.25, 0.3) is 11.4 Å². The Kier molecular flexibility index (Phi) is 2.45. The molecule has 0 spiro atoms. The van der Waals surface area contributed by atoms with Crippen LogP contribution in [-0.4, -0.2) is 9.55 Å². The molecule has 4 nitrogen and oxygen atoms in total. The van der Waals surface area contributed by atoms with Crippen molar-refractivity contribution in [2.24, 2.45) is 0 Å². The Morgan fingerprint density at radius 1 is 1.31 bits per heavy atom. The van der Waals surface area contributed by atoms with E-state index in [-0.39, 0.29) is 11.6 Å². The topological polar surface area (TPSA) is 39.2 Å². The van der Waals surface area contributed by atoms with E-state index in [2.05, 4.69) is 9.83 Å². The van der Waals surface area contributed by atoms with Crippen LogP contribution in [0.4, 0.5) is 5.82 Å². The third kappa shape index (κ3) is 1.57. The molecule has 0 atom stereocenters. The highest BCUT2D eigenvalue weighted by Crippen LogP contribution is 2.17. The predicted octanol–water partition coefficient (Wildman–Crippen LogP) is 2.53. The van der Waals surface area contributed by atoms with Crippen molar-refractivity contribution in [1.82, 2.24) is 9.55 Å². The Labute approximate surface area is 93.0 Å². The van der Waals surface area contributed by atoms with E-state index >= 15 is 0 Å². The lowest BCUT2D eigenvalue weighted by Crippen LogP contribution is -2.21. The third-order valence-electron chi connectivity index (χ3n) is 2.39. The third-order valence-corrected chi connectivity index (χ3v) is 2.39. The van der Waals surface area contributed by atoms with Crippen molar-refractivity contribution < 1.29 is 0 Å². The summed E-state index contributed by atoms with van der Waals surface area (Å²) in [4.78, 5) is 19.2. The van der Waals surface area contributed by atoms with Crippen molar-refractivity contribution in [2.45, 2.75) is 19.9 Å². The standard InChI is InChI=1S/C12H11N3O/c1-8(2)15-11(16)7-5-9-4-6-10(13-3)14-12(9)15/h4-8H,1-2H3. The molecule has 0 saturated carbocycles. The van der Waals surface area contributed by atoms with E-state index in [1.54, 1.807) is 16.7 Å². The van der Waals surface area contributed by atoms with Gasteiger partial charge in [-0.15, -0.1) is 4.98 Å². The molecule has 0 bridgehead atoms. The molecular weight excluding hydrogens is 202 g/mol. The van der Waals surface area contributed by atoms with E-state index in [4.69, 9.17) is 6.57 Å². The van der Waals surface area contributed by atoms with E-state index in [9.17, 15) is 4.79 Å². The first kappa shape index (κ1) is 10.4. The van der Waals surface area contributed by atoms with Crippen LogP contribution in [-0.2, 0) is 0 Å². The minimum absolute atomic E-state index is 0.0321. The maximum absolute atomic E-state index is 11.7. The van der Waals surface area contributed by atoms with Crippen LogP contribution in [0.15, 0.2) is 29.1 Å². The highest BCUT2D eigenvalue weighted by Gasteiger charge is 2.10. The molecule has 2 aromatic heterocycles. The second-order valence-corrected chi connectivity index (χ2v) is 3.83. The fourth-order valence-electron chi connectivity index (χ4n) is 1.68. The minimum Gasteiger partial charge on any atom is -0.361 e. The number of nitrogens with zero attached hydrogens (tertiary/aromatic N) is 3. The summed E-state index contributed by atoms with van der Waals surface area (Å²) in [5.74, 6) is 0.313. The smallest absolute Gasteiger partial charge is 0.271 e. The molecule has 0 radical (unpaired) electrons. The van der Waals surface area contributed by atoms with E-state index < -0.39 is 0 Å². The van der Waals surface area contributed by atoms with Crippen LogP contribution in [0.3, 0.4) is 0 Å². The van der Waals surface area contributed by atoms with Gasteiger partial charge in [-0.05, 0) is 26.0 Å². The van der Waals surface area contributed by atoms with Gasteiger partial charge < -0.3 is 4.85 Å². The van der Waals surface area contributed by atoms with Crippen LogP contribution >= 0.6 is 0 Å². The quantitative estimate of drug-likeness (QED) is 0.683. The maximum Gasteiger partial charge on any atom is 0.271 e. The molecule has 0 fully saturated rings. The minimum atomic E-state index is -0.0860. The summed E-state index contributed by atoms with van der Waals surface area (Å²) < 4.78 is 1.60. The molecule has 0 aliphatic heterocycles. The fraction of sp³-hybridized carbons (Fsp3) is 0.250. The molecule has 4 heteroatoms. The van der Waals surface area contributed by atoms with Crippen LogP contribution in [0.5, 0.6) is 0 Å². The number of pyridine rings is 2. The van der Waals surface area contributed by atoms with Gasteiger partial charge in [-0.25, -0.2) is 0 Å². The second kappa shape index (κ2) is 3.78. The zero-order valence-corrected chi connectivity index (χ0v) is 9.14. The SMILES string of the molecule is [C-]#[N+]c1ccc2ccc(=O)n(C(C)C)c2n1. The Bertz CT molecular complexity index is 635. The Morgan fingerprint density at radius 3 is 2.62 bits per heavy atom. The van der Waals surface area contributed by atoms with Gasteiger partial charge in [0.2, 0.25) is 5.65 Å². The van der Waals surface area contributed by atoms with Crippen LogP contribution in [0.25, 0.3) is 15.9 Å². The van der Waals surface area contributed by atoms with Crippen molar-refractivity contribution in [3.8, 4) is 0 Å². The van der Waals surface area contributed by atoms with Gasteiger partial charge in [-0.3, -0.25) is 9.36 Å². The monoisotopic (exact) mass is 213 g/mol. The molecule has 0 amide bonds. The first-order valence-electron chi connectivity index (χ1n) is 5.03. The van der Waals surface area contributed by atoms with Gasteiger partial charge in [0.05, 0.1) is 0 Å². The summed E-state index contributed by atoms with van der Waals surface area (Å²) in [6, 6.07) is 6.77. The second-order valence-electron chi connectivity index (χ2n) is 3.83. The van der Waals surface area contributed by atoms with Gasteiger partial charge in [0, 0.05) is 17.5 Å². The van der Waals surface area contributed by atoms with Gasteiger partial charge in [-0.2, -0.15) is 0 Å². The first-order chi connectivity index (χ1) is 7.63. The lowest BCUT2D eigenvalue weighted by Gasteiger charge is -2.09. The van der Waals surface area contributed by atoms with Crippen LogP contribution in [0.1, 0.15) is 19.9 Å². The van der Waals surface area contributed by atoms with E-state index in [0.29, 0.717) is 11.5 Å². The van der Waals surface area contributed by atoms with Crippen molar-refractivity contribution in [2.75, 3.05) is 0 Å². The van der Waals surface area contributed by atoms with Crippen LogP contribution in [0, 0.1) is 6.57 Å². The highest BCUT2D eigenvalue weighted by atomic mass is 16.1. The summed E-state index contributed by atoms with van der Waals surface area (Å²) in [5.41, 5.74) is 0.494. The molecule has 0 N–H and O–H groups in total. The van der Waals surface area contributed by atoms with E-state index in [0.717, 1.165) is 5.39 Å². The van der Waals surface area contributed by atoms with Crippen LogP contribution in [0.2, 0.25) is 0 Å². The fourth-order valence-corrected chi connectivity index (χ4v) is 1.68. The summed E-state index contributed by atoms with van der Waals surface area (Å²) >= 11 is 0. The number of hydrogen-bond acceptors (Lipinski definition) is 2. The number of rotatable bonds is 1. The van der Waals surface area contributed by atoms with Crippen LogP contribution < -0.4 is 5.56 Å². The molecule has 0 saturated heterocycles. The van der Waals surface area contributed by atoms with Crippen molar-refractivity contribution >= 4 is 16.9 Å². The van der Waals surface area contributed by atoms with Gasteiger partial charge in [0.1, 0.15) is 0 Å². The molecule has 0 aliphatic rings. The molecule has 2 aromatic rings. The number of hydrogen-bond donors (Lipinski definition) is 0. The molecule has 0 aliphatic carbocycles.